The van der Waals surface area contributed by atoms with Gasteiger partial charge in [0.1, 0.15) is 5.75 Å². The first-order valence-electron chi connectivity index (χ1n) is 11.1. The van der Waals surface area contributed by atoms with Crippen molar-refractivity contribution in [2.45, 2.75) is 39.0 Å². The Hall–Kier alpha value is -3.71. The lowest BCUT2D eigenvalue weighted by Crippen LogP contribution is -2.06. The maximum Gasteiger partial charge on any atom is 0.311 e. The zero-order valence-electron chi connectivity index (χ0n) is 18.7. The maximum atomic E-state index is 11.7. The third kappa shape index (κ3) is 8.38. The standard InChI is InChI=1S/C26H28N4O3/c1-2-3-6-26(32)33-25-17-15-24(16-18-25)30-29-23-13-11-22(12-14-23)28-27-21-9-7-20(8-10-21)5-4-19-31/h7-18,31H,2-6,19H2,1H3. The smallest absolute Gasteiger partial charge is 0.311 e. The van der Waals surface area contributed by atoms with Crippen LogP contribution in [0.25, 0.3) is 0 Å². The molecule has 0 amide bonds. The Balaban J connectivity index is 1.52. The second kappa shape index (κ2) is 13.0. The van der Waals surface area contributed by atoms with Gasteiger partial charge in [0, 0.05) is 13.0 Å². The van der Waals surface area contributed by atoms with E-state index in [-0.39, 0.29) is 12.6 Å². The zero-order chi connectivity index (χ0) is 23.3. The topological polar surface area (TPSA) is 96.0 Å². The minimum Gasteiger partial charge on any atom is -0.427 e. The number of aliphatic hydroxyl groups excluding tert-OH is 1. The summed E-state index contributed by atoms with van der Waals surface area (Å²) in [5.74, 6) is 0.281. The van der Waals surface area contributed by atoms with Crippen molar-refractivity contribution < 1.29 is 14.6 Å². The van der Waals surface area contributed by atoms with Gasteiger partial charge in [0.2, 0.25) is 0 Å². The van der Waals surface area contributed by atoms with Crippen molar-refractivity contribution in [3.05, 3.63) is 78.4 Å². The van der Waals surface area contributed by atoms with Crippen LogP contribution in [0.1, 0.15) is 38.2 Å². The fourth-order valence-corrected chi connectivity index (χ4v) is 2.91. The summed E-state index contributed by atoms with van der Waals surface area (Å²) >= 11 is 0. The van der Waals surface area contributed by atoms with Crippen LogP contribution in [-0.4, -0.2) is 17.7 Å². The highest BCUT2D eigenvalue weighted by molar-refractivity contribution is 5.72. The molecule has 0 bridgehead atoms. The van der Waals surface area contributed by atoms with Gasteiger partial charge in [-0.15, -0.1) is 0 Å². The zero-order valence-corrected chi connectivity index (χ0v) is 18.7. The SMILES string of the molecule is CCCCC(=O)Oc1ccc(N=Nc2ccc(N=Nc3ccc(CCCO)cc3)cc2)cc1. The molecule has 1 N–H and O–H groups in total. The van der Waals surface area contributed by atoms with Gasteiger partial charge in [-0.1, -0.05) is 25.5 Å². The molecule has 0 aromatic heterocycles. The van der Waals surface area contributed by atoms with Gasteiger partial charge in [-0.3, -0.25) is 4.79 Å². The molecule has 7 nitrogen and oxygen atoms in total. The molecule has 3 aromatic carbocycles. The number of nitrogens with zero attached hydrogens (tertiary/aromatic N) is 4. The number of rotatable bonds is 11. The third-order valence-corrected chi connectivity index (χ3v) is 4.77. The van der Waals surface area contributed by atoms with E-state index in [0.29, 0.717) is 29.2 Å². The van der Waals surface area contributed by atoms with Gasteiger partial charge in [-0.05, 0) is 85.5 Å². The number of carbonyl (C=O) groups excluding carboxylic acids is 1. The van der Waals surface area contributed by atoms with E-state index in [9.17, 15) is 4.79 Å². The number of azo groups is 2. The highest BCUT2D eigenvalue weighted by atomic mass is 16.5. The van der Waals surface area contributed by atoms with Crippen LogP contribution in [0.3, 0.4) is 0 Å². The first kappa shape index (κ1) is 23.9. The highest BCUT2D eigenvalue weighted by Gasteiger charge is 2.04. The number of aliphatic hydroxyl groups is 1. The molecule has 0 atom stereocenters. The van der Waals surface area contributed by atoms with E-state index in [2.05, 4.69) is 20.5 Å². The van der Waals surface area contributed by atoms with E-state index in [1.165, 1.54) is 5.56 Å². The van der Waals surface area contributed by atoms with E-state index in [0.717, 1.165) is 31.4 Å². The van der Waals surface area contributed by atoms with Crippen LogP contribution in [0.15, 0.2) is 93.3 Å². The van der Waals surface area contributed by atoms with Crippen molar-refractivity contribution >= 4 is 28.7 Å². The van der Waals surface area contributed by atoms with Crippen LogP contribution in [0, 0.1) is 0 Å². The summed E-state index contributed by atoms with van der Waals surface area (Å²) in [6.07, 6.45) is 3.81. The Morgan fingerprint density at radius 1 is 0.727 bits per heavy atom. The van der Waals surface area contributed by atoms with E-state index in [1.807, 2.05) is 55.5 Å². The van der Waals surface area contributed by atoms with Crippen molar-refractivity contribution in [1.82, 2.24) is 0 Å². The van der Waals surface area contributed by atoms with Gasteiger partial charge in [0.05, 0.1) is 22.7 Å². The van der Waals surface area contributed by atoms with Gasteiger partial charge in [-0.2, -0.15) is 20.5 Å². The molecule has 3 rings (SSSR count). The number of hydrogen-bond acceptors (Lipinski definition) is 7. The maximum absolute atomic E-state index is 11.7. The summed E-state index contributed by atoms with van der Waals surface area (Å²) in [6.45, 7) is 2.23. The largest absolute Gasteiger partial charge is 0.427 e. The molecule has 0 aliphatic carbocycles. The van der Waals surface area contributed by atoms with Crippen molar-refractivity contribution in [3.8, 4) is 5.75 Å². The lowest BCUT2D eigenvalue weighted by molar-refractivity contribution is -0.134. The summed E-state index contributed by atoms with van der Waals surface area (Å²) < 4.78 is 5.28. The first-order valence-corrected chi connectivity index (χ1v) is 11.1. The lowest BCUT2D eigenvalue weighted by Gasteiger charge is -2.03. The van der Waals surface area contributed by atoms with Gasteiger partial charge < -0.3 is 9.84 Å². The lowest BCUT2D eigenvalue weighted by atomic mass is 10.1. The second-order valence-corrected chi connectivity index (χ2v) is 7.48. The summed E-state index contributed by atoms with van der Waals surface area (Å²) in [5.41, 5.74) is 4.01. The van der Waals surface area contributed by atoms with Gasteiger partial charge in [-0.25, -0.2) is 0 Å². The molecule has 0 spiro atoms. The predicted molar refractivity (Wildman–Crippen MR) is 128 cm³/mol. The fraction of sp³-hybridized carbons (Fsp3) is 0.269. The minimum absolute atomic E-state index is 0.194. The normalized spacial score (nSPS) is 11.3. The molecule has 0 saturated carbocycles. The molecule has 0 unspecified atom stereocenters. The molecule has 33 heavy (non-hydrogen) atoms. The Morgan fingerprint density at radius 2 is 1.18 bits per heavy atom. The number of benzene rings is 3. The Bertz CT molecular complexity index is 1060. The Morgan fingerprint density at radius 3 is 1.64 bits per heavy atom. The third-order valence-electron chi connectivity index (χ3n) is 4.77. The average Bonchev–Trinajstić information content (AvgIpc) is 2.86. The van der Waals surface area contributed by atoms with Crippen LogP contribution >= 0.6 is 0 Å². The summed E-state index contributed by atoms with van der Waals surface area (Å²) in [7, 11) is 0. The van der Waals surface area contributed by atoms with Crippen molar-refractivity contribution in [2.75, 3.05) is 6.61 Å². The molecular formula is C26H28N4O3. The monoisotopic (exact) mass is 444 g/mol. The molecular weight excluding hydrogens is 416 g/mol. The molecule has 3 aromatic rings. The number of ether oxygens (including phenoxy) is 1. The highest BCUT2D eigenvalue weighted by Crippen LogP contribution is 2.25. The molecule has 7 heteroatoms. The quantitative estimate of drug-likeness (QED) is 0.188. The molecule has 0 heterocycles. The van der Waals surface area contributed by atoms with E-state index >= 15 is 0 Å². The molecule has 0 saturated heterocycles. The minimum atomic E-state index is -0.224. The van der Waals surface area contributed by atoms with Crippen molar-refractivity contribution in [3.63, 3.8) is 0 Å². The average molecular weight is 445 g/mol. The molecule has 0 aliphatic heterocycles. The van der Waals surface area contributed by atoms with Crippen LogP contribution in [0.5, 0.6) is 5.75 Å². The van der Waals surface area contributed by atoms with Crippen LogP contribution in [0.4, 0.5) is 22.7 Å². The number of unbranched alkanes of at least 4 members (excludes halogenated alkanes) is 1. The van der Waals surface area contributed by atoms with Gasteiger partial charge >= 0.3 is 5.97 Å². The van der Waals surface area contributed by atoms with Crippen LogP contribution < -0.4 is 4.74 Å². The summed E-state index contributed by atoms with van der Waals surface area (Å²) in [5, 5.41) is 25.8. The van der Waals surface area contributed by atoms with E-state index < -0.39 is 0 Å². The molecule has 0 radical (unpaired) electrons. The summed E-state index contributed by atoms with van der Waals surface area (Å²) in [6, 6.07) is 22.0. The number of carbonyl (C=O) groups is 1. The Labute approximate surface area is 193 Å². The molecule has 0 fully saturated rings. The van der Waals surface area contributed by atoms with Gasteiger partial charge in [0.25, 0.3) is 0 Å². The van der Waals surface area contributed by atoms with Crippen LogP contribution in [-0.2, 0) is 11.2 Å². The number of hydrogen-bond donors (Lipinski definition) is 1. The molecule has 170 valence electrons. The van der Waals surface area contributed by atoms with Crippen molar-refractivity contribution in [1.29, 1.82) is 0 Å². The van der Waals surface area contributed by atoms with Crippen molar-refractivity contribution in [2.24, 2.45) is 20.5 Å². The van der Waals surface area contributed by atoms with Gasteiger partial charge in [0.15, 0.2) is 0 Å². The van der Waals surface area contributed by atoms with E-state index in [1.54, 1.807) is 24.3 Å². The predicted octanol–water partition coefficient (Wildman–Crippen LogP) is 7.54. The number of aryl methyl sites for hydroxylation is 1. The van der Waals surface area contributed by atoms with E-state index in [4.69, 9.17) is 9.84 Å². The second-order valence-electron chi connectivity index (χ2n) is 7.48. The Kier molecular flexibility index (Phi) is 9.42. The van der Waals surface area contributed by atoms with Crippen LogP contribution in [0.2, 0.25) is 0 Å². The first-order chi connectivity index (χ1) is 16.2. The fourth-order valence-electron chi connectivity index (χ4n) is 2.91. The summed E-state index contributed by atoms with van der Waals surface area (Å²) in [4.78, 5) is 11.7. The molecule has 0 aliphatic rings. The number of esters is 1.